The molecule has 0 spiro atoms. The van der Waals surface area contributed by atoms with Crippen LogP contribution in [0.4, 0.5) is 0 Å². The highest BCUT2D eigenvalue weighted by atomic mass is 16.3. The zero-order chi connectivity index (χ0) is 18.9. The summed E-state index contributed by atoms with van der Waals surface area (Å²) < 4.78 is 0. The first kappa shape index (κ1) is 18.4. The Morgan fingerprint density at radius 2 is 1.96 bits per heavy atom. The molecule has 0 aromatic heterocycles. The maximum atomic E-state index is 12.4. The maximum Gasteiger partial charge on any atom is 0.190 e. The minimum absolute atomic E-state index is 0.0826. The van der Waals surface area contributed by atoms with E-state index in [-0.39, 0.29) is 11.2 Å². The van der Waals surface area contributed by atoms with Crippen LogP contribution in [0, 0.1) is 34.5 Å². The van der Waals surface area contributed by atoms with Crippen LogP contribution in [-0.2, 0) is 9.59 Å². The lowest BCUT2D eigenvalue weighted by Crippen LogP contribution is -2.60. The first-order chi connectivity index (χ1) is 12.2. The summed E-state index contributed by atoms with van der Waals surface area (Å²) >= 11 is 0. The summed E-state index contributed by atoms with van der Waals surface area (Å²) in [6.45, 7) is 6.13. The lowest BCUT2D eigenvalue weighted by atomic mass is 9.43. The number of allylic oxidation sites excluding steroid dienone is 1. The summed E-state index contributed by atoms with van der Waals surface area (Å²) in [5.41, 5.74) is -0.412. The highest BCUT2D eigenvalue weighted by Crippen LogP contribution is 2.69. The van der Waals surface area contributed by atoms with Gasteiger partial charge in [-0.1, -0.05) is 26.3 Å². The average Bonchev–Trinajstić information content (AvgIpc) is 2.86. The molecule has 26 heavy (non-hydrogen) atoms. The quantitative estimate of drug-likeness (QED) is 0.794. The molecular weight excluding hydrogens is 328 g/mol. The zero-order valence-corrected chi connectivity index (χ0v) is 16.3. The molecule has 0 aromatic carbocycles. The highest BCUT2D eigenvalue weighted by molar-refractivity contribution is 5.91. The van der Waals surface area contributed by atoms with Crippen molar-refractivity contribution in [3.05, 3.63) is 11.6 Å². The van der Waals surface area contributed by atoms with Crippen molar-refractivity contribution in [1.82, 2.24) is 0 Å². The van der Waals surface area contributed by atoms with Crippen LogP contribution < -0.4 is 0 Å². The molecule has 2 N–H and O–H groups in total. The van der Waals surface area contributed by atoms with Gasteiger partial charge in [-0.2, -0.15) is 0 Å². The molecule has 0 bridgehead atoms. The Labute approximate surface area is 156 Å². The fourth-order valence-corrected chi connectivity index (χ4v) is 7.86. The molecule has 4 nitrogen and oxygen atoms in total. The van der Waals surface area contributed by atoms with Gasteiger partial charge in [0.15, 0.2) is 11.6 Å². The second kappa shape index (κ2) is 5.75. The van der Waals surface area contributed by atoms with Gasteiger partial charge in [0.2, 0.25) is 0 Å². The second-order valence-electron chi connectivity index (χ2n) is 9.97. The van der Waals surface area contributed by atoms with Crippen molar-refractivity contribution in [2.75, 3.05) is 6.61 Å². The first-order valence-corrected chi connectivity index (χ1v) is 10.3. The van der Waals surface area contributed by atoms with Crippen molar-refractivity contribution in [2.24, 2.45) is 34.5 Å². The third kappa shape index (κ3) is 2.15. The Kier molecular flexibility index (Phi) is 4.06. The average molecular weight is 360 g/mol. The van der Waals surface area contributed by atoms with Gasteiger partial charge < -0.3 is 10.2 Å². The monoisotopic (exact) mass is 360 g/mol. The molecule has 7 atom stereocenters. The Balaban J connectivity index is 1.74. The first-order valence-electron chi connectivity index (χ1n) is 10.3. The summed E-state index contributed by atoms with van der Waals surface area (Å²) in [6, 6.07) is 0. The smallest absolute Gasteiger partial charge is 0.190 e. The van der Waals surface area contributed by atoms with Crippen molar-refractivity contribution in [1.29, 1.82) is 0 Å². The molecule has 0 radical (unpaired) electrons. The Hall–Kier alpha value is -1.00. The van der Waals surface area contributed by atoms with Crippen LogP contribution in [-0.4, -0.2) is 34.0 Å². The lowest BCUT2D eigenvalue weighted by Gasteiger charge is -2.61. The maximum absolute atomic E-state index is 12.4. The molecule has 3 saturated carbocycles. The van der Waals surface area contributed by atoms with Crippen LogP contribution in [0.15, 0.2) is 11.6 Å². The van der Waals surface area contributed by atoms with Crippen molar-refractivity contribution in [3.8, 4) is 0 Å². The van der Waals surface area contributed by atoms with Crippen molar-refractivity contribution >= 4 is 11.6 Å². The van der Waals surface area contributed by atoms with Crippen LogP contribution in [0.1, 0.15) is 65.7 Å². The second-order valence-corrected chi connectivity index (χ2v) is 9.97. The minimum atomic E-state index is -1.38. The van der Waals surface area contributed by atoms with E-state index in [0.717, 1.165) is 32.1 Å². The van der Waals surface area contributed by atoms with Crippen LogP contribution in [0.3, 0.4) is 0 Å². The molecular formula is C22H32O4. The molecule has 0 heterocycles. The number of hydrogen-bond donors (Lipinski definition) is 2. The summed E-state index contributed by atoms with van der Waals surface area (Å²) in [6.07, 6.45) is 7.67. The number of ketones is 2. The van der Waals surface area contributed by atoms with E-state index in [9.17, 15) is 19.8 Å². The molecule has 4 aliphatic carbocycles. The van der Waals surface area contributed by atoms with E-state index in [1.807, 2.05) is 6.08 Å². The fraction of sp³-hybridized carbons (Fsp3) is 0.818. The molecule has 144 valence electrons. The van der Waals surface area contributed by atoms with Crippen LogP contribution in [0.5, 0.6) is 0 Å². The number of aliphatic hydroxyl groups is 2. The number of fused-ring (bicyclic) bond motifs is 5. The molecule has 4 heteroatoms. The molecule has 3 fully saturated rings. The van der Waals surface area contributed by atoms with E-state index in [2.05, 4.69) is 20.8 Å². The predicted octanol–water partition coefficient (Wildman–Crippen LogP) is 3.06. The normalized spacial score (nSPS) is 50.5. The minimum Gasteiger partial charge on any atom is -0.388 e. The van der Waals surface area contributed by atoms with Crippen molar-refractivity contribution < 1.29 is 19.8 Å². The van der Waals surface area contributed by atoms with Crippen LogP contribution in [0.2, 0.25) is 0 Å². The number of hydrogen-bond acceptors (Lipinski definition) is 4. The summed E-state index contributed by atoms with van der Waals surface area (Å²) in [4.78, 5) is 24.4. The third-order valence-corrected chi connectivity index (χ3v) is 8.96. The molecule has 4 rings (SSSR count). The molecule has 4 unspecified atom stereocenters. The Morgan fingerprint density at radius 1 is 1.23 bits per heavy atom. The Bertz CT molecular complexity index is 682. The van der Waals surface area contributed by atoms with Gasteiger partial charge in [-0.3, -0.25) is 9.59 Å². The van der Waals surface area contributed by atoms with E-state index in [0.29, 0.717) is 36.5 Å². The van der Waals surface area contributed by atoms with Crippen LogP contribution in [0.25, 0.3) is 0 Å². The summed E-state index contributed by atoms with van der Waals surface area (Å²) in [7, 11) is 0. The lowest BCUT2D eigenvalue weighted by molar-refractivity contribution is -0.171. The molecule has 4 aliphatic rings. The van der Waals surface area contributed by atoms with Gasteiger partial charge in [-0.15, -0.1) is 0 Å². The van der Waals surface area contributed by atoms with Gasteiger partial charge in [0.05, 0.1) is 0 Å². The predicted molar refractivity (Wildman–Crippen MR) is 98.3 cm³/mol. The summed E-state index contributed by atoms with van der Waals surface area (Å²) in [5.74, 6) is 1.58. The van der Waals surface area contributed by atoms with Crippen LogP contribution >= 0.6 is 0 Å². The zero-order valence-electron chi connectivity index (χ0n) is 16.3. The fourth-order valence-electron chi connectivity index (χ4n) is 7.86. The number of carbonyl (C=O) groups is 2. The standard InChI is InChI=1S/C22H32O4/c1-13-11-21(3)17(7-9-22(21,26)18(25)12-23)16-5-4-14-10-15(24)6-8-20(14,2)19(13)16/h10,13,16-17,19,23,26H,4-9,11-12H2,1-3H3/t13?,16?,17?,19?,20-,21-,22-/m0/s1. The number of carbonyl (C=O) groups excluding carboxylic acids is 2. The van der Waals surface area contributed by atoms with Gasteiger partial charge >= 0.3 is 0 Å². The van der Waals surface area contributed by atoms with Crippen molar-refractivity contribution in [2.45, 2.75) is 71.3 Å². The SMILES string of the molecule is CC1C[C@@]2(C)C(CC[C@]2(O)C(=O)CO)C2CCC3=CC(=O)CC[C@]3(C)C12. The van der Waals surface area contributed by atoms with Gasteiger partial charge in [0.25, 0.3) is 0 Å². The van der Waals surface area contributed by atoms with Gasteiger partial charge in [0, 0.05) is 11.8 Å². The topological polar surface area (TPSA) is 74.6 Å². The molecule has 0 aliphatic heterocycles. The van der Waals surface area contributed by atoms with E-state index in [1.165, 1.54) is 5.57 Å². The largest absolute Gasteiger partial charge is 0.388 e. The van der Waals surface area contributed by atoms with E-state index < -0.39 is 23.4 Å². The van der Waals surface area contributed by atoms with Gasteiger partial charge in [0.1, 0.15) is 12.2 Å². The van der Waals surface area contributed by atoms with Gasteiger partial charge in [-0.05, 0) is 73.7 Å². The van der Waals surface area contributed by atoms with Crippen molar-refractivity contribution in [3.63, 3.8) is 0 Å². The molecule has 0 amide bonds. The van der Waals surface area contributed by atoms with E-state index in [4.69, 9.17) is 0 Å². The number of rotatable bonds is 2. The molecule has 0 aromatic rings. The number of Topliss-reactive ketones (excluding diaryl/α,β-unsaturated/α-hetero) is 1. The Morgan fingerprint density at radius 3 is 2.65 bits per heavy atom. The molecule has 0 saturated heterocycles. The highest BCUT2D eigenvalue weighted by Gasteiger charge is 2.67. The van der Waals surface area contributed by atoms with Gasteiger partial charge in [-0.25, -0.2) is 0 Å². The number of aliphatic hydroxyl groups excluding tert-OH is 1. The van der Waals surface area contributed by atoms with E-state index >= 15 is 0 Å². The van der Waals surface area contributed by atoms with E-state index in [1.54, 1.807) is 0 Å². The summed E-state index contributed by atoms with van der Waals surface area (Å²) in [5, 5.41) is 20.7. The third-order valence-electron chi connectivity index (χ3n) is 8.96.